The molecule has 3 nitrogen and oxygen atoms in total. The number of unbranched alkanes of at least 4 members (excludes halogenated alkanes) is 1. The number of aliphatic hydroxyl groups is 1. The van der Waals surface area contributed by atoms with E-state index in [1.807, 2.05) is 6.08 Å². The van der Waals surface area contributed by atoms with E-state index in [-0.39, 0.29) is 12.2 Å². The predicted molar refractivity (Wildman–Crippen MR) is 64.4 cm³/mol. The van der Waals surface area contributed by atoms with Gasteiger partial charge in [0.25, 0.3) is 0 Å². The van der Waals surface area contributed by atoms with Gasteiger partial charge in [0.1, 0.15) is 0 Å². The van der Waals surface area contributed by atoms with E-state index in [9.17, 15) is 5.11 Å². The van der Waals surface area contributed by atoms with Gasteiger partial charge in [-0.05, 0) is 38.6 Å². The summed E-state index contributed by atoms with van der Waals surface area (Å²) in [7, 11) is 0. The van der Waals surface area contributed by atoms with Crippen LogP contribution in [0.15, 0.2) is 12.7 Å². The molecule has 3 atom stereocenters. The van der Waals surface area contributed by atoms with E-state index < -0.39 is 0 Å². The maximum absolute atomic E-state index is 10.0. The van der Waals surface area contributed by atoms with E-state index in [1.165, 1.54) is 19.4 Å². The Balaban J connectivity index is 1.74. The van der Waals surface area contributed by atoms with Crippen LogP contribution in [0.3, 0.4) is 0 Å². The van der Waals surface area contributed by atoms with Gasteiger partial charge in [-0.1, -0.05) is 6.08 Å². The predicted octanol–water partition coefficient (Wildman–Crippen LogP) is 1.57. The first kappa shape index (κ1) is 12.1. The molecule has 0 amide bonds. The fourth-order valence-corrected chi connectivity index (χ4v) is 2.73. The number of hydrogen-bond donors (Lipinski definition) is 1. The third-order valence-corrected chi connectivity index (χ3v) is 3.75. The third-order valence-electron chi connectivity index (χ3n) is 3.75. The molecule has 2 heterocycles. The van der Waals surface area contributed by atoms with Gasteiger partial charge in [0.15, 0.2) is 0 Å². The molecule has 16 heavy (non-hydrogen) atoms. The van der Waals surface area contributed by atoms with Crippen molar-refractivity contribution in [3.8, 4) is 0 Å². The zero-order valence-electron chi connectivity index (χ0n) is 9.98. The van der Waals surface area contributed by atoms with Crippen molar-refractivity contribution in [1.82, 2.24) is 4.90 Å². The van der Waals surface area contributed by atoms with Gasteiger partial charge in [-0.15, -0.1) is 6.58 Å². The highest BCUT2D eigenvalue weighted by Crippen LogP contribution is 2.24. The van der Waals surface area contributed by atoms with Gasteiger partial charge >= 0.3 is 0 Å². The van der Waals surface area contributed by atoms with E-state index in [0.29, 0.717) is 6.04 Å². The summed E-state index contributed by atoms with van der Waals surface area (Å²) in [4.78, 5) is 2.48. The van der Waals surface area contributed by atoms with Crippen LogP contribution in [0.5, 0.6) is 0 Å². The van der Waals surface area contributed by atoms with Crippen molar-refractivity contribution in [3.63, 3.8) is 0 Å². The Hall–Kier alpha value is -0.380. The number of hydrogen-bond acceptors (Lipinski definition) is 3. The van der Waals surface area contributed by atoms with E-state index in [1.54, 1.807) is 0 Å². The van der Waals surface area contributed by atoms with Gasteiger partial charge in [-0.3, -0.25) is 4.90 Å². The zero-order chi connectivity index (χ0) is 11.4. The van der Waals surface area contributed by atoms with Crippen molar-refractivity contribution in [2.24, 2.45) is 0 Å². The number of allylic oxidation sites excluding steroid dienone is 1. The lowest BCUT2D eigenvalue weighted by Gasteiger charge is -2.37. The largest absolute Gasteiger partial charge is 0.390 e. The second kappa shape index (κ2) is 5.80. The fourth-order valence-electron chi connectivity index (χ4n) is 2.73. The standard InChI is InChI=1S/C13H23NO2/c1-2-3-4-7-12(15)13-9-14-8-5-6-11(14)10-16-13/h2,11-13,15H,1,3-10H2. The van der Waals surface area contributed by atoms with Crippen LogP contribution in [0, 0.1) is 0 Å². The third kappa shape index (κ3) is 2.84. The van der Waals surface area contributed by atoms with Crippen molar-refractivity contribution in [3.05, 3.63) is 12.7 Å². The van der Waals surface area contributed by atoms with Crippen LogP contribution in [0.25, 0.3) is 0 Å². The molecule has 0 aliphatic carbocycles. The number of morpholine rings is 1. The topological polar surface area (TPSA) is 32.7 Å². The zero-order valence-corrected chi connectivity index (χ0v) is 9.98. The molecule has 0 saturated carbocycles. The summed E-state index contributed by atoms with van der Waals surface area (Å²) in [6.45, 7) is 6.60. The first-order valence-corrected chi connectivity index (χ1v) is 6.46. The Morgan fingerprint density at radius 1 is 1.56 bits per heavy atom. The summed E-state index contributed by atoms with van der Waals surface area (Å²) in [6, 6.07) is 0.622. The molecule has 92 valence electrons. The summed E-state index contributed by atoms with van der Waals surface area (Å²) in [5.74, 6) is 0. The Labute approximate surface area is 98.1 Å². The minimum Gasteiger partial charge on any atom is -0.390 e. The van der Waals surface area contributed by atoms with E-state index in [0.717, 1.165) is 32.4 Å². The summed E-state index contributed by atoms with van der Waals surface area (Å²) in [5.41, 5.74) is 0. The number of rotatable bonds is 5. The van der Waals surface area contributed by atoms with Gasteiger partial charge in [0.2, 0.25) is 0 Å². The number of nitrogens with zero attached hydrogens (tertiary/aromatic N) is 1. The highest BCUT2D eigenvalue weighted by atomic mass is 16.5. The van der Waals surface area contributed by atoms with E-state index in [2.05, 4.69) is 11.5 Å². The van der Waals surface area contributed by atoms with Crippen LogP contribution in [0.2, 0.25) is 0 Å². The van der Waals surface area contributed by atoms with Crippen molar-refractivity contribution in [2.75, 3.05) is 19.7 Å². The molecule has 0 aromatic carbocycles. The molecule has 0 radical (unpaired) electrons. The fraction of sp³-hybridized carbons (Fsp3) is 0.846. The van der Waals surface area contributed by atoms with E-state index >= 15 is 0 Å². The second-order valence-electron chi connectivity index (χ2n) is 4.95. The van der Waals surface area contributed by atoms with Gasteiger partial charge < -0.3 is 9.84 Å². The molecule has 2 aliphatic rings. The molecule has 2 aliphatic heterocycles. The molecular weight excluding hydrogens is 202 g/mol. The van der Waals surface area contributed by atoms with Crippen LogP contribution in [-0.4, -0.2) is 48.0 Å². The summed E-state index contributed by atoms with van der Waals surface area (Å²) < 4.78 is 5.77. The lowest BCUT2D eigenvalue weighted by molar-refractivity contribution is -0.104. The minimum absolute atomic E-state index is 0.0270. The molecule has 3 heteroatoms. The maximum atomic E-state index is 10.0. The molecule has 2 saturated heterocycles. The molecule has 0 aromatic rings. The van der Waals surface area contributed by atoms with Crippen molar-refractivity contribution >= 4 is 0 Å². The maximum Gasteiger partial charge on any atom is 0.0961 e. The average molecular weight is 225 g/mol. The number of aliphatic hydroxyl groups excluding tert-OH is 1. The van der Waals surface area contributed by atoms with Gasteiger partial charge in [0.05, 0.1) is 18.8 Å². The molecule has 1 N–H and O–H groups in total. The van der Waals surface area contributed by atoms with Crippen LogP contribution >= 0.6 is 0 Å². The van der Waals surface area contributed by atoms with Crippen LogP contribution < -0.4 is 0 Å². The Morgan fingerprint density at radius 2 is 2.44 bits per heavy atom. The van der Waals surface area contributed by atoms with Crippen LogP contribution in [-0.2, 0) is 4.74 Å². The summed E-state index contributed by atoms with van der Waals surface area (Å²) in [6.07, 6.45) is 7.00. The lowest BCUT2D eigenvalue weighted by atomic mass is 10.0. The molecule has 0 bridgehead atoms. The van der Waals surface area contributed by atoms with Crippen LogP contribution in [0.1, 0.15) is 32.1 Å². The van der Waals surface area contributed by atoms with Crippen molar-refractivity contribution in [2.45, 2.75) is 50.4 Å². The number of ether oxygens (including phenoxy) is 1. The summed E-state index contributed by atoms with van der Waals surface area (Å²) >= 11 is 0. The van der Waals surface area contributed by atoms with Gasteiger partial charge in [0, 0.05) is 12.6 Å². The Morgan fingerprint density at radius 3 is 3.25 bits per heavy atom. The molecule has 3 unspecified atom stereocenters. The quantitative estimate of drug-likeness (QED) is 0.569. The Bertz CT molecular complexity index is 232. The van der Waals surface area contributed by atoms with Gasteiger partial charge in [-0.2, -0.15) is 0 Å². The monoisotopic (exact) mass is 225 g/mol. The second-order valence-corrected chi connectivity index (χ2v) is 4.95. The average Bonchev–Trinajstić information content (AvgIpc) is 2.76. The molecule has 0 spiro atoms. The van der Waals surface area contributed by atoms with Gasteiger partial charge in [-0.25, -0.2) is 0 Å². The highest BCUT2D eigenvalue weighted by molar-refractivity contribution is 4.87. The normalized spacial score (nSPS) is 32.3. The van der Waals surface area contributed by atoms with Crippen LogP contribution in [0.4, 0.5) is 0 Å². The molecule has 2 rings (SSSR count). The van der Waals surface area contributed by atoms with Crippen molar-refractivity contribution < 1.29 is 9.84 Å². The van der Waals surface area contributed by atoms with E-state index in [4.69, 9.17) is 4.74 Å². The first-order valence-electron chi connectivity index (χ1n) is 6.46. The highest BCUT2D eigenvalue weighted by Gasteiger charge is 2.34. The molecule has 2 fully saturated rings. The van der Waals surface area contributed by atoms with Crippen molar-refractivity contribution in [1.29, 1.82) is 0 Å². The number of fused-ring (bicyclic) bond motifs is 1. The molecular formula is C13H23NO2. The Kier molecular flexibility index (Phi) is 4.38. The lowest BCUT2D eigenvalue weighted by Crippen LogP contribution is -2.50. The smallest absolute Gasteiger partial charge is 0.0961 e. The first-order chi connectivity index (χ1) is 7.81. The SMILES string of the molecule is C=CCCCC(O)C1CN2CCCC2CO1. The summed E-state index contributed by atoms with van der Waals surface area (Å²) in [5, 5.41) is 10.0. The molecule has 0 aromatic heterocycles. The minimum atomic E-state index is -0.304.